The predicted octanol–water partition coefficient (Wildman–Crippen LogP) is 3.03. The highest BCUT2D eigenvalue weighted by Gasteiger charge is 2.25. The number of hydrogen-bond acceptors (Lipinski definition) is 5. The van der Waals surface area contributed by atoms with Crippen LogP contribution in [0.1, 0.15) is 50.9 Å². The van der Waals surface area contributed by atoms with E-state index in [1.807, 2.05) is 27.7 Å². The van der Waals surface area contributed by atoms with E-state index in [-0.39, 0.29) is 23.9 Å². The van der Waals surface area contributed by atoms with Gasteiger partial charge in [0.25, 0.3) is 0 Å². The van der Waals surface area contributed by atoms with Crippen molar-refractivity contribution < 1.29 is 14.3 Å². The fourth-order valence-corrected chi connectivity index (χ4v) is 2.79. The van der Waals surface area contributed by atoms with Crippen molar-refractivity contribution in [1.29, 1.82) is 0 Å². The molecule has 2 rings (SSSR count). The maximum Gasteiger partial charge on any atom is 0.168 e. The van der Waals surface area contributed by atoms with Crippen LogP contribution in [-0.2, 0) is 0 Å². The summed E-state index contributed by atoms with van der Waals surface area (Å²) < 4.78 is 11.6. The van der Waals surface area contributed by atoms with E-state index in [1.165, 1.54) is 0 Å². The van der Waals surface area contributed by atoms with E-state index in [2.05, 4.69) is 5.32 Å². The highest BCUT2D eigenvalue weighted by Crippen LogP contribution is 2.35. The van der Waals surface area contributed by atoms with Gasteiger partial charge in [-0.2, -0.15) is 0 Å². The van der Waals surface area contributed by atoms with E-state index >= 15 is 0 Å². The van der Waals surface area contributed by atoms with Gasteiger partial charge in [-0.05, 0) is 59.7 Å². The number of ketones is 1. The van der Waals surface area contributed by atoms with Crippen molar-refractivity contribution in [3.63, 3.8) is 0 Å². The number of ether oxygens (including phenoxy) is 2. The summed E-state index contributed by atoms with van der Waals surface area (Å²) in [6.07, 6.45) is 1.70. The Balaban J connectivity index is 2.33. The maximum absolute atomic E-state index is 12.8. The number of hydrogen-bond donors (Lipinski definition) is 2. The molecule has 1 saturated heterocycles. The second-order valence-corrected chi connectivity index (χ2v) is 6.61. The molecule has 0 spiro atoms. The molecule has 0 atom stereocenters. The van der Waals surface area contributed by atoms with E-state index in [4.69, 9.17) is 15.2 Å². The van der Waals surface area contributed by atoms with Crippen molar-refractivity contribution >= 4 is 11.5 Å². The summed E-state index contributed by atoms with van der Waals surface area (Å²) in [7, 11) is 0. The first kappa shape index (κ1) is 17.6. The molecule has 0 aliphatic carbocycles. The lowest BCUT2D eigenvalue weighted by Gasteiger charge is -2.23. The van der Waals surface area contributed by atoms with Gasteiger partial charge in [0.15, 0.2) is 17.3 Å². The van der Waals surface area contributed by atoms with Crippen LogP contribution in [0, 0.1) is 5.92 Å². The zero-order valence-electron chi connectivity index (χ0n) is 14.5. The van der Waals surface area contributed by atoms with Gasteiger partial charge in [0, 0.05) is 23.2 Å². The summed E-state index contributed by atoms with van der Waals surface area (Å²) in [6, 6.07) is 3.46. The van der Waals surface area contributed by atoms with Crippen molar-refractivity contribution in [3.05, 3.63) is 17.7 Å². The molecule has 0 saturated carbocycles. The van der Waals surface area contributed by atoms with Crippen LogP contribution >= 0.6 is 0 Å². The zero-order valence-corrected chi connectivity index (χ0v) is 14.5. The summed E-state index contributed by atoms with van der Waals surface area (Å²) >= 11 is 0. The molecule has 1 aliphatic heterocycles. The molecule has 23 heavy (non-hydrogen) atoms. The standard InChI is InChI=1S/C18H28N2O3/c1-11(2)22-16-9-14(15(19)10-17(16)23-12(3)4)18(21)13-5-7-20-8-6-13/h9-13,20H,5-8,19H2,1-4H3. The van der Waals surface area contributed by atoms with Crippen molar-refractivity contribution in [2.75, 3.05) is 18.8 Å². The Kier molecular flexibility index (Phi) is 5.88. The van der Waals surface area contributed by atoms with Crippen LogP contribution in [0.15, 0.2) is 12.1 Å². The zero-order chi connectivity index (χ0) is 17.0. The number of piperidine rings is 1. The second kappa shape index (κ2) is 7.68. The number of anilines is 1. The van der Waals surface area contributed by atoms with Crippen molar-refractivity contribution in [3.8, 4) is 11.5 Å². The highest BCUT2D eigenvalue weighted by molar-refractivity contribution is 6.03. The van der Waals surface area contributed by atoms with Gasteiger partial charge in [-0.15, -0.1) is 0 Å². The number of nitrogen functional groups attached to an aromatic ring is 1. The largest absolute Gasteiger partial charge is 0.487 e. The number of nitrogens with two attached hydrogens (primary N) is 1. The first-order valence-corrected chi connectivity index (χ1v) is 8.40. The van der Waals surface area contributed by atoms with Gasteiger partial charge in [-0.1, -0.05) is 0 Å². The van der Waals surface area contributed by atoms with Crippen molar-refractivity contribution in [2.45, 2.75) is 52.7 Å². The van der Waals surface area contributed by atoms with Gasteiger partial charge in [-0.25, -0.2) is 0 Å². The minimum absolute atomic E-state index is 0.00466. The lowest BCUT2D eigenvalue weighted by molar-refractivity contribution is 0.0895. The van der Waals surface area contributed by atoms with Crippen molar-refractivity contribution in [1.82, 2.24) is 5.32 Å². The molecule has 1 aromatic rings. The van der Waals surface area contributed by atoms with E-state index in [0.717, 1.165) is 25.9 Å². The quantitative estimate of drug-likeness (QED) is 0.622. The normalized spacial score (nSPS) is 15.9. The Morgan fingerprint density at radius 3 is 2.13 bits per heavy atom. The van der Waals surface area contributed by atoms with Gasteiger partial charge in [0.2, 0.25) is 0 Å². The van der Waals surface area contributed by atoms with Crippen LogP contribution < -0.4 is 20.5 Å². The van der Waals surface area contributed by atoms with E-state index < -0.39 is 0 Å². The van der Waals surface area contributed by atoms with Gasteiger partial charge in [0.1, 0.15) is 0 Å². The third kappa shape index (κ3) is 4.61. The predicted molar refractivity (Wildman–Crippen MR) is 92.3 cm³/mol. The lowest BCUT2D eigenvalue weighted by atomic mass is 9.89. The molecule has 3 N–H and O–H groups in total. The monoisotopic (exact) mass is 320 g/mol. The first-order chi connectivity index (χ1) is 10.9. The van der Waals surface area contributed by atoms with Gasteiger partial charge in [-0.3, -0.25) is 4.79 Å². The number of rotatable bonds is 6. The Morgan fingerprint density at radius 2 is 1.61 bits per heavy atom. The van der Waals surface area contributed by atoms with E-state index in [0.29, 0.717) is 22.7 Å². The Labute approximate surface area is 138 Å². The van der Waals surface area contributed by atoms with Crippen molar-refractivity contribution in [2.24, 2.45) is 5.92 Å². The molecule has 0 unspecified atom stereocenters. The molecule has 0 aromatic heterocycles. The summed E-state index contributed by atoms with van der Waals surface area (Å²) in [5.41, 5.74) is 7.14. The molecule has 0 amide bonds. The van der Waals surface area contributed by atoms with Gasteiger partial charge < -0.3 is 20.5 Å². The van der Waals surface area contributed by atoms with E-state index in [9.17, 15) is 4.79 Å². The third-order valence-corrected chi connectivity index (χ3v) is 3.82. The van der Waals surface area contributed by atoms with Gasteiger partial charge >= 0.3 is 0 Å². The number of carbonyl (C=O) groups excluding carboxylic acids is 1. The summed E-state index contributed by atoms with van der Waals surface area (Å²) in [5.74, 6) is 1.31. The molecular formula is C18H28N2O3. The van der Waals surface area contributed by atoms with Crippen LogP contribution in [0.3, 0.4) is 0 Å². The van der Waals surface area contributed by atoms with Gasteiger partial charge in [0.05, 0.1) is 12.2 Å². The average molecular weight is 320 g/mol. The fraction of sp³-hybridized carbons (Fsp3) is 0.611. The third-order valence-electron chi connectivity index (χ3n) is 3.82. The minimum atomic E-state index is -0.00466. The topological polar surface area (TPSA) is 73.6 Å². The molecule has 0 bridgehead atoms. The number of nitrogens with one attached hydrogen (secondary N) is 1. The Morgan fingerprint density at radius 1 is 1.09 bits per heavy atom. The van der Waals surface area contributed by atoms with E-state index in [1.54, 1.807) is 12.1 Å². The molecular weight excluding hydrogens is 292 g/mol. The fourth-order valence-electron chi connectivity index (χ4n) is 2.79. The molecule has 1 aliphatic rings. The first-order valence-electron chi connectivity index (χ1n) is 8.40. The molecule has 0 radical (unpaired) electrons. The number of carbonyl (C=O) groups is 1. The SMILES string of the molecule is CC(C)Oc1cc(N)c(C(=O)C2CCNCC2)cc1OC(C)C. The number of benzene rings is 1. The molecule has 128 valence electrons. The summed E-state index contributed by atoms with van der Waals surface area (Å²) in [5, 5.41) is 3.28. The molecule has 1 heterocycles. The van der Waals surface area contributed by atoms with Crippen LogP contribution in [0.2, 0.25) is 0 Å². The molecule has 5 heteroatoms. The summed E-state index contributed by atoms with van der Waals surface area (Å²) in [4.78, 5) is 12.8. The van der Waals surface area contributed by atoms with Crippen LogP contribution in [0.5, 0.6) is 11.5 Å². The smallest absolute Gasteiger partial charge is 0.168 e. The molecule has 1 fully saturated rings. The maximum atomic E-state index is 12.8. The summed E-state index contributed by atoms with van der Waals surface area (Å²) in [6.45, 7) is 9.54. The molecule has 5 nitrogen and oxygen atoms in total. The minimum Gasteiger partial charge on any atom is -0.487 e. The van der Waals surface area contributed by atoms with Crippen LogP contribution in [0.25, 0.3) is 0 Å². The second-order valence-electron chi connectivity index (χ2n) is 6.61. The average Bonchev–Trinajstić information content (AvgIpc) is 2.49. The van der Waals surface area contributed by atoms with Crippen LogP contribution in [0.4, 0.5) is 5.69 Å². The van der Waals surface area contributed by atoms with Crippen LogP contribution in [-0.4, -0.2) is 31.1 Å². The highest BCUT2D eigenvalue weighted by atomic mass is 16.5. The molecule has 1 aromatic carbocycles. The number of Topliss-reactive ketones (excluding diaryl/α,β-unsaturated/α-hetero) is 1. The Hall–Kier alpha value is -1.75. The Bertz CT molecular complexity index is 549. The lowest BCUT2D eigenvalue weighted by Crippen LogP contribution is -2.32.